The molecule has 2 aromatic carbocycles. The van der Waals surface area contributed by atoms with Crippen LogP contribution in [0.2, 0.25) is 0 Å². The third-order valence-corrected chi connectivity index (χ3v) is 7.06. The average molecular weight is 418 g/mol. The number of fused-ring (bicyclic) bond motifs is 1. The molecule has 1 heterocycles. The van der Waals surface area contributed by atoms with Crippen LogP contribution in [0.5, 0.6) is 0 Å². The smallest absolute Gasteiger partial charge is 0.253 e. The zero-order valence-corrected chi connectivity index (χ0v) is 17.7. The van der Waals surface area contributed by atoms with Gasteiger partial charge in [0.05, 0.1) is 21.7 Å². The van der Waals surface area contributed by atoms with Crippen molar-refractivity contribution in [1.82, 2.24) is 14.6 Å². The van der Waals surface area contributed by atoms with E-state index in [2.05, 4.69) is 9.71 Å². The largest absolute Gasteiger partial charge is 0.335 e. The molecule has 3 rings (SSSR count). The van der Waals surface area contributed by atoms with Gasteiger partial charge in [0.1, 0.15) is 5.01 Å². The molecule has 0 saturated carbocycles. The summed E-state index contributed by atoms with van der Waals surface area (Å²) in [6.45, 7) is 4.12. The van der Waals surface area contributed by atoms with Gasteiger partial charge in [-0.15, -0.1) is 11.3 Å². The van der Waals surface area contributed by atoms with Crippen molar-refractivity contribution in [3.8, 4) is 0 Å². The van der Waals surface area contributed by atoms with Gasteiger partial charge in [0.15, 0.2) is 0 Å². The van der Waals surface area contributed by atoms with E-state index in [0.717, 1.165) is 15.2 Å². The number of thiazole rings is 1. The number of aromatic nitrogens is 1. The van der Waals surface area contributed by atoms with Crippen LogP contribution in [0, 0.1) is 0 Å². The van der Waals surface area contributed by atoms with Crippen molar-refractivity contribution in [3.05, 3.63) is 59.1 Å². The molecule has 0 aliphatic rings. The Morgan fingerprint density at radius 1 is 1.18 bits per heavy atom. The number of carbonyl (C=O) groups excluding carboxylic acids is 1. The number of para-hydroxylation sites is 1. The predicted octanol–water partition coefficient (Wildman–Crippen LogP) is 3.65. The third-order valence-electron chi connectivity index (χ3n) is 4.44. The molecule has 28 heavy (non-hydrogen) atoms. The van der Waals surface area contributed by atoms with E-state index < -0.39 is 10.0 Å². The van der Waals surface area contributed by atoms with Gasteiger partial charge >= 0.3 is 0 Å². The van der Waals surface area contributed by atoms with Crippen LogP contribution in [0.15, 0.2) is 53.4 Å². The number of hydrogen-bond donors (Lipinski definition) is 1. The molecule has 148 valence electrons. The maximum Gasteiger partial charge on any atom is 0.253 e. The van der Waals surface area contributed by atoms with Crippen molar-refractivity contribution in [2.24, 2.45) is 0 Å². The Labute approximate surface area is 169 Å². The summed E-state index contributed by atoms with van der Waals surface area (Å²) in [6, 6.07) is 13.7. The zero-order valence-electron chi connectivity index (χ0n) is 16.0. The Kier molecular flexibility index (Phi) is 6.12. The molecule has 0 aliphatic heterocycles. The van der Waals surface area contributed by atoms with Crippen LogP contribution < -0.4 is 4.72 Å². The highest BCUT2D eigenvalue weighted by molar-refractivity contribution is 7.89. The summed E-state index contributed by atoms with van der Waals surface area (Å²) in [4.78, 5) is 19.0. The van der Waals surface area contributed by atoms with E-state index in [0.29, 0.717) is 18.5 Å². The van der Waals surface area contributed by atoms with Gasteiger partial charge in [0.25, 0.3) is 5.91 Å². The van der Waals surface area contributed by atoms with Crippen LogP contribution in [-0.2, 0) is 16.6 Å². The summed E-state index contributed by atoms with van der Waals surface area (Å²) < 4.78 is 28.4. The van der Waals surface area contributed by atoms with Crippen LogP contribution >= 0.6 is 11.3 Å². The molecule has 6 nitrogen and oxygen atoms in total. The maximum absolute atomic E-state index is 12.7. The second-order valence-corrected chi connectivity index (χ2v) is 9.52. The summed E-state index contributed by atoms with van der Waals surface area (Å²) >= 11 is 1.56. The van der Waals surface area contributed by atoms with E-state index in [-0.39, 0.29) is 16.8 Å². The fourth-order valence-electron chi connectivity index (χ4n) is 2.68. The lowest BCUT2D eigenvalue weighted by Gasteiger charge is -2.16. The molecule has 1 unspecified atom stereocenters. The minimum atomic E-state index is -3.58. The summed E-state index contributed by atoms with van der Waals surface area (Å²) in [5.74, 6) is -0.182. The second-order valence-electron chi connectivity index (χ2n) is 6.69. The molecular formula is C20H23N3O3S2. The van der Waals surface area contributed by atoms with E-state index >= 15 is 0 Å². The van der Waals surface area contributed by atoms with E-state index in [4.69, 9.17) is 0 Å². The highest BCUT2D eigenvalue weighted by Gasteiger charge is 2.19. The maximum atomic E-state index is 12.7. The van der Waals surface area contributed by atoms with Crippen LogP contribution in [0.4, 0.5) is 0 Å². The fraction of sp³-hybridized carbons (Fsp3) is 0.300. The molecular weight excluding hydrogens is 394 g/mol. The minimum Gasteiger partial charge on any atom is -0.335 e. The van der Waals surface area contributed by atoms with Crippen molar-refractivity contribution >= 4 is 37.5 Å². The lowest BCUT2D eigenvalue weighted by molar-refractivity contribution is 0.0785. The first kappa shape index (κ1) is 20.4. The van der Waals surface area contributed by atoms with Gasteiger partial charge in [-0.05, 0) is 49.7 Å². The van der Waals surface area contributed by atoms with Crippen LogP contribution in [-0.4, -0.2) is 37.3 Å². The molecule has 1 atom stereocenters. The SMILES string of the molecule is CCC(C)NS(=O)(=O)c1ccc(C(=O)N(C)Cc2nc3ccccc3s2)cc1. The molecule has 8 heteroatoms. The number of amides is 1. The molecule has 0 aliphatic carbocycles. The lowest BCUT2D eigenvalue weighted by atomic mass is 10.2. The summed E-state index contributed by atoms with van der Waals surface area (Å²) in [6.07, 6.45) is 0.701. The minimum absolute atomic E-state index is 0.147. The van der Waals surface area contributed by atoms with Crippen molar-refractivity contribution in [3.63, 3.8) is 0 Å². The van der Waals surface area contributed by atoms with Crippen molar-refractivity contribution in [1.29, 1.82) is 0 Å². The monoisotopic (exact) mass is 417 g/mol. The summed E-state index contributed by atoms with van der Waals surface area (Å²) in [5, 5.41) is 0.856. The standard InChI is InChI=1S/C20H23N3O3S2/c1-4-14(2)22-28(25,26)16-11-9-15(10-12-16)20(24)23(3)13-19-21-17-7-5-6-8-18(17)27-19/h5-12,14,22H,4,13H2,1-3H3. The molecule has 3 aromatic rings. The zero-order chi connectivity index (χ0) is 20.3. The quantitative estimate of drug-likeness (QED) is 0.636. The highest BCUT2D eigenvalue weighted by Crippen LogP contribution is 2.23. The molecule has 0 radical (unpaired) electrons. The van der Waals surface area contributed by atoms with Gasteiger partial charge in [-0.25, -0.2) is 18.1 Å². The second kappa shape index (κ2) is 8.38. The van der Waals surface area contributed by atoms with Crippen molar-refractivity contribution < 1.29 is 13.2 Å². The fourth-order valence-corrected chi connectivity index (χ4v) is 5.02. The van der Waals surface area contributed by atoms with Gasteiger partial charge in [-0.2, -0.15) is 0 Å². The first-order chi connectivity index (χ1) is 13.3. The van der Waals surface area contributed by atoms with Gasteiger partial charge in [-0.1, -0.05) is 19.1 Å². The molecule has 0 spiro atoms. The van der Waals surface area contributed by atoms with E-state index in [1.165, 1.54) is 12.1 Å². The molecule has 0 saturated heterocycles. The number of carbonyl (C=O) groups is 1. The number of benzene rings is 2. The normalized spacial score (nSPS) is 12.8. The Morgan fingerprint density at radius 3 is 2.50 bits per heavy atom. The van der Waals surface area contributed by atoms with E-state index in [1.54, 1.807) is 35.4 Å². The number of nitrogens with one attached hydrogen (secondary N) is 1. The van der Waals surface area contributed by atoms with Crippen LogP contribution in [0.1, 0.15) is 35.6 Å². The number of rotatable bonds is 7. The van der Waals surface area contributed by atoms with Gasteiger partial charge in [-0.3, -0.25) is 4.79 Å². The molecule has 0 bridgehead atoms. The first-order valence-electron chi connectivity index (χ1n) is 9.02. The topological polar surface area (TPSA) is 79.4 Å². The molecule has 1 amide bonds. The summed E-state index contributed by atoms with van der Waals surface area (Å²) in [7, 11) is -1.87. The van der Waals surface area contributed by atoms with Crippen LogP contribution in [0.3, 0.4) is 0 Å². The van der Waals surface area contributed by atoms with Gasteiger partial charge < -0.3 is 4.90 Å². The predicted molar refractivity (Wildman–Crippen MR) is 112 cm³/mol. The van der Waals surface area contributed by atoms with Crippen molar-refractivity contribution in [2.75, 3.05) is 7.05 Å². The number of hydrogen-bond acceptors (Lipinski definition) is 5. The molecule has 1 aromatic heterocycles. The molecule has 1 N–H and O–H groups in total. The van der Waals surface area contributed by atoms with Gasteiger partial charge in [0, 0.05) is 18.7 Å². The van der Waals surface area contributed by atoms with Crippen molar-refractivity contribution in [2.45, 2.75) is 37.8 Å². The molecule has 0 fully saturated rings. The van der Waals surface area contributed by atoms with E-state index in [1.807, 2.05) is 38.1 Å². The average Bonchev–Trinajstić information content (AvgIpc) is 3.09. The number of nitrogens with zero attached hydrogens (tertiary/aromatic N) is 2. The summed E-state index contributed by atoms with van der Waals surface area (Å²) in [5.41, 5.74) is 1.36. The Balaban J connectivity index is 1.71. The first-order valence-corrected chi connectivity index (χ1v) is 11.3. The van der Waals surface area contributed by atoms with E-state index in [9.17, 15) is 13.2 Å². The Hall–Kier alpha value is -2.29. The third kappa shape index (κ3) is 4.57. The Morgan fingerprint density at radius 2 is 1.86 bits per heavy atom. The number of sulfonamides is 1. The van der Waals surface area contributed by atoms with Crippen LogP contribution in [0.25, 0.3) is 10.2 Å². The highest BCUT2D eigenvalue weighted by atomic mass is 32.2. The lowest BCUT2D eigenvalue weighted by Crippen LogP contribution is -2.32. The Bertz CT molecular complexity index is 1040. The van der Waals surface area contributed by atoms with Gasteiger partial charge in [0.2, 0.25) is 10.0 Å².